The third kappa shape index (κ3) is 3.47. The standard InChI is InChI=1S/C19H24N2O/c1-15(21-11-5-2-6-12-21)14-20-19(22)18-10-9-16-7-3-4-8-17(16)13-18/h3-4,7-10,13,15H,2,5-6,11-12,14H2,1H3,(H,20,22)/t15-/m1/s1. The first-order chi connectivity index (χ1) is 10.7. The van der Waals surface area contributed by atoms with Gasteiger partial charge in [0.2, 0.25) is 0 Å². The van der Waals surface area contributed by atoms with Gasteiger partial charge < -0.3 is 5.32 Å². The van der Waals surface area contributed by atoms with Crippen molar-refractivity contribution in [2.24, 2.45) is 0 Å². The molecule has 0 saturated carbocycles. The van der Waals surface area contributed by atoms with Gasteiger partial charge in [0.25, 0.3) is 5.91 Å². The fourth-order valence-corrected chi connectivity index (χ4v) is 3.16. The summed E-state index contributed by atoms with van der Waals surface area (Å²) in [5, 5.41) is 5.36. The number of nitrogens with one attached hydrogen (secondary N) is 1. The second-order valence-electron chi connectivity index (χ2n) is 6.22. The number of piperidine rings is 1. The summed E-state index contributed by atoms with van der Waals surface area (Å²) in [5.41, 5.74) is 0.740. The maximum absolute atomic E-state index is 12.3. The van der Waals surface area contributed by atoms with Crippen LogP contribution >= 0.6 is 0 Å². The number of hydrogen-bond donors (Lipinski definition) is 1. The summed E-state index contributed by atoms with van der Waals surface area (Å²) in [4.78, 5) is 14.8. The Morgan fingerprint density at radius 1 is 1.09 bits per heavy atom. The van der Waals surface area contributed by atoms with Crippen molar-refractivity contribution in [1.29, 1.82) is 0 Å². The molecule has 0 aliphatic carbocycles. The number of nitrogens with zero attached hydrogens (tertiary/aromatic N) is 1. The van der Waals surface area contributed by atoms with E-state index < -0.39 is 0 Å². The van der Waals surface area contributed by atoms with Gasteiger partial charge in [-0.1, -0.05) is 36.8 Å². The number of rotatable bonds is 4. The SMILES string of the molecule is C[C@H](CNC(=O)c1ccc2ccccc2c1)N1CCCCC1. The Bertz CT molecular complexity index is 647. The van der Waals surface area contributed by atoms with E-state index in [9.17, 15) is 4.79 Å². The molecule has 1 N–H and O–H groups in total. The van der Waals surface area contributed by atoms with Crippen LogP contribution < -0.4 is 5.32 Å². The van der Waals surface area contributed by atoms with Crippen LogP contribution in [-0.4, -0.2) is 36.5 Å². The molecule has 1 aliphatic heterocycles. The Morgan fingerprint density at radius 2 is 1.82 bits per heavy atom. The van der Waals surface area contributed by atoms with Crippen LogP contribution in [0.5, 0.6) is 0 Å². The van der Waals surface area contributed by atoms with E-state index in [0.29, 0.717) is 12.6 Å². The maximum Gasteiger partial charge on any atom is 0.251 e. The molecule has 22 heavy (non-hydrogen) atoms. The minimum atomic E-state index is 0.0228. The van der Waals surface area contributed by atoms with Gasteiger partial charge in [0.15, 0.2) is 0 Å². The molecule has 3 nitrogen and oxygen atoms in total. The molecule has 1 heterocycles. The van der Waals surface area contributed by atoms with E-state index in [1.807, 2.05) is 36.4 Å². The lowest BCUT2D eigenvalue weighted by Crippen LogP contribution is -2.44. The summed E-state index contributed by atoms with van der Waals surface area (Å²) in [7, 11) is 0. The zero-order valence-electron chi connectivity index (χ0n) is 13.2. The fourth-order valence-electron chi connectivity index (χ4n) is 3.16. The number of amides is 1. The molecular weight excluding hydrogens is 272 g/mol. The highest BCUT2D eigenvalue weighted by molar-refractivity contribution is 5.98. The van der Waals surface area contributed by atoms with Gasteiger partial charge >= 0.3 is 0 Å². The molecule has 1 atom stereocenters. The predicted molar refractivity (Wildman–Crippen MR) is 91.2 cm³/mol. The highest BCUT2D eigenvalue weighted by Gasteiger charge is 2.17. The molecule has 0 aromatic heterocycles. The van der Waals surface area contributed by atoms with Crippen LogP contribution in [0.2, 0.25) is 0 Å². The molecule has 1 aliphatic rings. The van der Waals surface area contributed by atoms with Gasteiger partial charge in [-0.2, -0.15) is 0 Å². The first kappa shape index (κ1) is 15.0. The topological polar surface area (TPSA) is 32.3 Å². The van der Waals surface area contributed by atoms with Crippen LogP contribution in [0.25, 0.3) is 10.8 Å². The minimum absolute atomic E-state index is 0.0228. The molecule has 2 aromatic carbocycles. The maximum atomic E-state index is 12.3. The van der Waals surface area contributed by atoms with E-state index >= 15 is 0 Å². The number of carbonyl (C=O) groups is 1. The zero-order valence-corrected chi connectivity index (χ0v) is 13.2. The van der Waals surface area contributed by atoms with Crippen LogP contribution in [0.1, 0.15) is 36.5 Å². The van der Waals surface area contributed by atoms with E-state index in [-0.39, 0.29) is 5.91 Å². The molecule has 1 amide bonds. The van der Waals surface area contributed by atoms with Gasteiger partial charge in [0.1, 0.15) is 0 Å². The van der Waals surface area contributed by atoms with Crippen molar-refractivity contribution in [3.63, 3.8) is 0 Å². The Hall–Kier alpha value is -1.87. The average Bonchev–Trinajstić information content (AvgIpc) is 2.59. The molecule has 3 heteroatoms. The molecule has 1 fully saturated rings. The van der Waals surface area contributed by atoms with Crippen molar-refractivity contribution in [2.45, 2.75) is 32.2 Å². The fraction of sp³-hybridized carbons (Fsp3) is 0.421. The second-order valence-corrected chi connectivity index (χ2v) is 6.22. The largest absolute Gasteiger partial charge is 0.350 e. The molecule has 0 radical (unpaired) electrons. The van der Waals surface area contributed by atoms with E-state index in [1.54, 1.807) is 0 Å². The molecule has 0 unspecified atom stereocenters. The molecule has 0 bridgehead atoms. The molecule has 1 saturated heterocycles. The van der Waals surface area contributed by atoms with E-state index in [4.69, 9.17) is 0 Å². The Balaban J connectivity index is 1.60. The third-order valence-electron chi connectivity index (χ3n) is 4.58. The van der Waals surface area contributed by atoms with E-state index in [2.05, 4.69) is 23.2 Å². The van der Waals surface area contributed by atoms with Crippen molar-refractivity contribution in [3.8, 4) is 0 Å². The number of hydrogen-bond acceptors (Lipinski definition) is 2. The van der Waals surface area contributed by atoms with Gasteiger partial charge in [0.05, 0.1) is 0 Å². The summed E-state index contributed by atoms with van der Waals surface area (Å²) >= 11 is 0. The van der Waals surface area contributed by atoms with Crippen LogP contribution in [0, 0.1) is 0 Å². The monoisotopic (exact) mass is 296 g/mol. The molecule has 116 valence electrons. The molecular formula is C19H24N2O. The quantitative estimate of drug-likeness (QED) is 0.937. The summed E-state index contributed by atoms with van der Waals surface area (Å²) < 4.78 is 0. The Kier molecular flexibility index (Phi) is 4.74. The highest BCUT2D eigenvalue weighted by atomic mass is 16.1. The normalized spacial score (nSPS) is 17.3. The molecule has 0 spiro atoms. The number of likely N-dealkylation sites (tertiary alicyclic amines) is 1. The van der Waals surface area contributed by atoms with Crippen LogP contribution in [0.4, 0.5) is 0 Å². The van der Waals surface area contributed by atoms with Crippen molar-refractivity contribution in [2.75, 3.05) is 19.6 Å². The molecule has 3 rings (SSSR count). The van der Waals surface area contributed by atoms with Crippen molar-refractivity contribution in [1.82, 2.24) is 10.2 Å². The summed E-state index contributed by atoms with van der Waals surface area (Å²) in [6.45, 7) is 5.23. The second kappa shape index (κ2) is 6.93. The van der Waals surface area contributed by atoms with Crippen LogP contribution in [-0.2, 0) is 0 Å². The lowest BCUT2D eigenvalue weighted by Gasteiger charge is -2.32. The number of fused-ring (bicyclic) bond motifs is 1. The van der Waals surface area contributed by atoms with Crippen LogP contribution in [0.3, 0.4) is 0 Å². The first-order valence-corrected chi connectivity index (χ1v) is 8.25. The Morgan fingerprint density at radius 3 is 2.59 bits per heavy atom. The van der Waals surface area contributed by atoms with Crippen molar-refractivity contribution < 1.29 is 4.79 Å². The summed E-state index contributed by atoms with van der Waals surface area (Å²) in [6.07, 6.45) is 3.90. The van der Waals surface area contributed by atoms with Crippen molar-refractivity contribution >= 4 is 16.7 Å². The first-order valence-electron chi connectivity index (χ1n) is 8.25. The Labute approximate surface area is 132 Å². The average molecular weight is 296 g/mol. The summed E-state index contributed by atoms with van der Waals surface area (Å²) in [6, 6.07) is 14.4. The van der Waals surface area contributed by atoms with Crippen molar-refractivity contribution in [3.05, 3.63) is 48.0 Å². The van der Waals surface area contributed by atoms with Gasteiger partial charge in [-0.3, -0.25) is 9.69 Å². The number of carbonyl (C=O) groups excluding carboxylic acids is 1. The highest BCUT2D eigenvalue weighted by Crippen LogP contribution is 2.16. The minimum Gasteiger partial charge on any atom is -0.350 e. The third-order valence-corrected chi connectivity index (χ3v) is 4.58. The lowest BCUT2D eigenvalue weighted by atomic mass is 10.1. The lowest BCUT2D eigenvalue weighted by molar-refractivity contribution is 0.0930. The summed E-state index contributed by atoms with van der Waals surface area (Å²) in [5.74, 6) is 0.0228. The van der Waals surface area contributed by atoms with E-state index in [0.717, 1.165) is 24.0 Å². The van der Waals surface area contributed by atoms with Gasteiger partial charge in [-0.05, 0) is 55.8 Å². The smallest absolute Gasteiger partial charge is 0.251 e. The van der Waals surface area contributed by atoms with E-state index in [1.165, 1.54) is 24.6 Å². The zero-order chi connectivity index (χ0) is 15.4. The molecule has 2 aromatic rings. The van der Waals surface area contributed by atoms with Gasteiger partial charge in [-0.25, -0.2) is 0 Å². The van der Waals surface area contributed by atoms with Gasteiger partial charge in [-0.15, -0.1) is 0 Å². The van der Waals surface area contributed by atoms with Gasteiger partial charge in [0, 0.05) is 18.2 Å². The predicted octanol–water partition coefficient (Wildman–Crippen LogP) is 3.44. The van der Waals surface area contributed by atoms with Crippen LogP contribution in [0.15, 0.2) is 42.5 Å². The number of benzene rings is 2.